The molecule has 0 bridgehead atoms. The van der Waals surface area contributed by atoms with Crippen molar-refractivity contribution in [2.75, 3.05) is 6.54 Å². The van der Waals surface area contributed by atoms with Crippen LogP contribution < -0.4 is 5.32 Å². The molecular weight excluding hydrogens is 256 g/mol. The van der Waals surface area contributed by atoms with E-state index in [0.29, 0.717) is 17.1 Å². The maximum Gasteiger partial charge on any atom is 0.308 e. The van der Waals surface area contributed by atoms with Gasteiger partial charge in [-0.15, -0.1) is 0 Å². The van der Waals surface area contributed by atoms with Crippen LogP contribution in [0.4, 0.5) is 0 Å². The fourth-order valence-corrected chi connectivity index (χ4v) is 1.70. The number of nitrogens with one attached hydrogen (secondary N) is 1. The number of pyridine rings is 1. The minimum atomic E-state index is -0.925. The highest BCUT2D eigenvalue weighted by atomic mass is 35.5. The summed E-state index contributed by atoms with van der Waals surface area (Å²) in [6.45, 7) is 3.60. The van der Waals surface area contributed by atoms with Crippen LogP contribution in [0.1, 0.15) is 29.4 Å². The average molecular weight is 271 g/mol. The van der Waals surface area contributed by atoms with Crippen LogP contribution in [0.5, 0.6) is 0 Å². The molecule has 1 atom stereocenters. The lowest BCUT2D eigenvalue weighted by Gasteiger charge is -2.11. The number of rotatable bonds is 5. The van der Waals surface area contributed by atoms with Crippen LogP contribution in [-0.4, -0.2) is 28.5 Å². The number of aryl methyl sites for hydroxylation is 1. The lowest BCUT2D eigenvalue weighted by Crippen LogP contribution is -2.32. The number of carboxylic acid groups (broad SMARTS) is 1. The van der Waals surface area contributed by atoms with E-state index in [0.717, 1.165) is 0 Å². The van der Waals surface area contributed by atoms with Gasteiger partial charge < -0.3 is 10.4 Å². The Morgan fingerprint density at radius 2 is 2.22 bits per heavy atom. The van der Waals surface area contributed by atoms with Crippen molar-refractivity contribution in [1.29, 1.82) is 0 Å². The van der Waals surface area contributed by atoms with Crippen LogP contribution in [0.3, 0.4) is 0 Å². The van der Waals surface area contributed by atoms with Gasteiger partial charge in [-0.2, -0.15) is 0 Å². The summed E-state index contributed by atoms with van der Waals surface area (Å²) >= 11 is 5.92. The standard InChI is InChI=1S/C12H15ClN2O3/c1-3-8(12(17)18)5-15-11(16)9-6-14-7(2)4-10(9)13/h4,6,8H,3,5H2,1-2H3,(H,15,16)(H,17,18). The fourth-order valence-electron chi connectivity index (χ4n) is 1.41. The van der Waals surface area contributed by atoms with Crippen molar-refractivity contribution in [3.05, 3.63) is 28.5 Å². The number of nitrogens with zero attached hydrogens (tertiary/aromatic N) is 1. The molecule has 18 heavy (non-hydrogen) atoms. The van der Waals surface area contributed by atoms with Gasteiger partial charge in [-0.25, -0.2) is 0 Å². The Morgan fingerprint density at radius 3 is 2.72 bits per heavy atom. The van der Waals surface area contributed by atoms with Crippen LogP contribution in [0.25, 0.3) is 0 Å². The fraction of sp³-hybridized carbons (Fsp3) is 0.417. The summed E-state index contributed by atoms with van der Waals surface area (Å²) in [5.74, 6) is -1.93. The number of hydrogen-bond acceptors (Lipinski definition) is 3. The maximum absolute atomic E-state index is 11.8. The molecule has 0 saturated carbocycles. The van der Waals surface area contributed by atoms with Crippen LogP contribution >= 0.6 is 11.6 Å². The third kappa shape index (κ3) is 3.70. The number of hydrogen-bond donors (Lipinski definition) is 2. The second kappa shape index (κ2) is 6.35. The summed E-state index contributed by atoms with van der Waals surface area (Å²) < 4.78 is 0. The number of halogens is 1. The van der Waals surface area contributed by atoms with E-state index in [-0.39, 0.29) is 12.1 Å². The second-order valence-corrected chi connectivity index (χ2v) is 4.37. The molecule has 1 aromatic rings. The Balaban J connectivity index is 2.68. The molecule has 0 aliphatic carbocycles. The topological polar surface area (TPSA) is 79.3 Å². The van der Waals surface area contributed by atoms with Crippen LogP contribution in [0, 0.1) is 12.8 Å². The van der Waals surface area contributed by atoms with Crippen molar-refractivity contribution < 1.29 is 14.7 Å². The molecule has 0 aliphatic heterocycles. The predicted octanol–water partition coefficient (Wildman–Crippen LogP) is 1.88. The lowest BCUT2D eigenvalue weighted by molar-refractivity contribution is -0.141. The minimum Gasteiger partial charge on any atom is -0.481 e. The molecule has 1 aromatic heterocycles. The molecule has 1 rings (SSSR count). The molecule has 1 heterocycles. The Morgan fingerprint density at radius 1 is 1.56 bits per heavy atom. The predicted molar refractivity (Wildman–Crippen MR) is 67.7 cm³/mol. The molecule has 6 heteroatoms. The van der Waals surface area contributed by atoms with Crippen molar-refractivity contribution >= 4 is 23.5 Å². The Bertz CT molecular complexity index is 463. The number of carbonyl (C=O) groups excluding carboxylic acids is 1. The monoisotopic (exact) mass is 270 g/mol. The summed E-state index contributed by atoms with van der Waals surface area (Å²) in [6.07, 6.45) is 1.84. The summed E-state index contributed by atoms with van der Waals surface area (Å²) in [7, 11) is 0. The molecule has 5 nitrogen and oxygen atoms in total. The van der Waals surface area contributed by atoms with E-state index in [1.54, 1.807) is 19.9 Å². The number of carboxylic acids is 1. The molecule has 0 spiro atoms. The second-order valence-electron chi connectivity index (χ2n) is 3.96. The molecular formula is C12H15ClN2O3. The van der Waals surface area contributed by atoms with E-state index in [1.165, 1.54) is 6.20 Å². The molecule has 1 amide bonds. The zero-order valence-electron chi connectivity index (χ0n) is 10.2. The van der Waals surface area contributed by atoms with Gasteiger partial charge in [0.1, 0.15) is 0 Å². The zero-order valence-corrected chi connectivity index (χ0v) is 11.0. The molecule has 0 radical (unpaired) electrons. The number of carbonyl (C=O) groups is 2. The Kier molecular flexibility index (Phi) is 5.09. The first-order valence-corrected chi connectivity index (χ1v) is 5.96. The third-order valence-corrected chi connectivity index (χ3v) is 2.90. The molecule has 98 valence electrons. The van der Waals surface area contributed by atoms with Gasteiger partial charge in [0.05, 0.1) is 16.5 Å². The zero-order chi connectivity index (χ0) is 13.7. The molecule has 1 unspecified atom stereocenters. The Hall–Kier alpha value is -1.62. The van der Waals surface area contributed by atoms with Gasteiger partial charge in [0, 0.05) is 18.4 Å². The third-order valence-electron chi connectivity index (χ3n) is 2.59. The highest BCUT2D eigenvalue weighted by Gasteiger charge is 2.17. The first-order valence-electron chi connectivity index (χ1n) is 5.58. The maximum atomic E-state index is 11.8. The molecule has 0 aromatic carbocycles. The highest BCUT2D eigenvalue weighted by molar-refractivity contribution is 6.33. The quantitative estimate of drug-likeness (QED) is 0.856. The van der Waals surface area contributed by atoms with E-state index in [4.69, 9.17) is 16.7 Å². The van der Waals surface area contributed by atoms with Gasteiger partial charge in [0.2, 0.25) is 0 Å². The van der Waals surface area contributed by atoms with Crippen molar-refractivity contribution in [1.82, 2.24) is 10.3 Å². The van der Waals surface area contributed by atoms with E-state index in [2.05, 4.69) is 10.3 Å². The van der Waals surface area contributed by atoms with Gasteiger partial charge in [0.15, 0.2) is 0 Å². The summed E-state index contributed by atoms with van der Waals surface area (Å²) in [6, 6.07) is 1.59. The van der Waals surface area contributed by atoms with E-state index >= 15 is 0 Å². The van der Waals surface area contributed by atoms with Gasteiger partial charge in [0.25, 0.3) is 5.91 Å². The molecule has 0 fully saturated rings. The van der Waals surface area contributed by atoms with Gasteiger partial charge in [-0.05, 0) is 19.4 Å². The largest absolute Gasteiger partial charge is 0.481 e. The van der Waals surface area contributed by atoms with Gasteiger partial charge in [-0.3, -0.25) is 14.6 Å². The average Bonchev–Trinajstić information content (AvgIpc) is 2.28. The van der Waals surface area contributed by atoms with E-state index < -0.39 is 17.8 Å². The molecule has 0 saturated heterocycles. The lowest BCUT2D eigenvalue weighted by atomic mass is 10.1. The summed E-state index contributed by atoms with van der Waals surface area (Å²) in [4.78, 5) is 26.6. The van der Waals surface area contributed by atoms with Gasteiger partial charge >= 0.3 is 5.97 Å². The normalized spacial score (nSPS) is 11.9. The number of aliphatic carboxylic acids is 1. The van der Waals surface area contributed by atoms with Crippen molar-refractivity contribution in [3.8, 4) is 0 Å². The van der Waals surface area contributed by atoms with Gasteiger partial charge in [-0.1, -0.05) is 18.5 Å². The van der Waals surface area contributed by atoms with Crippen LogP contribution in [0.15, 0.2) is 12.3 Å². The minimum absolute atomic E-state index is 0.0782. The van der Waals surface area contributed by atoms with E-state index in [9.17, 15) is 9.59 Å². The highest BCUT2D eigenvalue weighted by Crippen LogP contribution is 2.15. The number of amides is 1. The SMILES string of the molecule is CCC(CNC(=O)c1cnc(C)cc1Cl)C(=O)O. The Labute approximate surface area is 110 Å². The first kappa shape index (κ1) is 14.4. The molecule has 2 N–H and O–H groups in total. The van der Waals surface area contributed by atoms with Crippen LogP contribution in [-0.2, 0) is 4.79 Å². The van der Waals surface area contributed by atoms with Crippen LogP contribution in [0.2, 0.25) is 5.02 Å². The summed E-state index contributed by atoms with van der Waals surface area (Å²) in [5.41, 5.74) is 0.969. The van der Waals surface area contributed by atoms with Crippen molar-refractivity contribution in [2.24, 2.45) is 5.92 Å². The first-order chi connectivity index (χ1) is 8.45. The summed E-state index contributed by atoms with van der Waals surface area (Å²) in [5, 5.41) is 11.7. The van der Waals surface area contributed by atoms with Crippen molar-refractivity contribution in [2.45, 2.75) is 20.3 Å². The number of aromatic nitrogens is 1. The smallest absolute Gasteiger partial charge is 0.308 e. The molecule has 0 aliphatic rings. The van der Waals surface area contributed by atoms with Crippen molar-refractivity contribution in [3.63, 3.8) is 0 Å². The van der Waals surface area contributed by atoms with E-state index in [1.807, 2.05) is 0 Å².